The molecule has 0 spiro atoms. The van der Waals surface area contributed by atoms with Crippen molar-refractivity contribution in [1.29, 1.82) is 0 Å². The van der Waals surface area contributed by atoms with Crippen molar-refractivity contribution >= 4 is 0 Å². The Kier molecular flexibility index (Phi) is 6.37. The summed E-state index contributed by atoms with van der Waals surface area (Å²) in [6, 6.07) is 6.80. The van der Waals surface area contributed by atoms with Crippen molar-refractivity contribution in [2.24, 2.45) is 0 Å². The van der Waals surface area contributed by atoms with Gasteiger partial charge in [-0.05, 0) is 50.9 Å². The third-order valence-electron chi connectivity index (χ3n) is 3.62. The Morgan fingerprint density at radius 1 is 1.22 bits per heavy atom. The van der Waals surface area contributed by atoms with Gasteiger partial charge in [0, 0.05) is 6.61 Å². The van der Waals surface area contributed by atoms with Crippen LogP contribution in [0.15, 0.2) is 18.2 Å². The van der Waals surface area contributed by atoms with Gasteiger partial charge in [-0.3, -0.25) is 0 Å². The molecule has 0 heterocycles. The smallest absolute Gasteiger partial charge is 0.0769 e. The summed E-state index contributed by atoms with van der Waals surface area (Å²) in [5, 5.41) is 3.43. The van der Waals surface area contributed by atoms with E-state index in [1.54, 1.807) is 0 Å². The molecular weight excluding hydrogens is 222 g/mol. The Morgan fingerprint density at radius 2 is 1.94 bits per heavy atom. The lowest BCUT2D eigenvalue weighted by Gasteiger charge is -2.28. The van der Waals surface area contributed by atoms with Crippen molar-refractivity contribution < 1.29 is 4.74 Å². The first-order chi connectivity index (χ1) is 8.65. The van der Waals surface area contributed by atoms with E-state index < -0.39 is 0 Å². The van der Waals surface area contributed by atoms with Crippen LogP contribution < -0.4 is 5.32 Å². The van der Waals surface area contributed by atoms with Gasteiger partial charge in [-0.1, -0.05) is 31.5 Å². The second-order valence-corrected chi connectivity index (χ2v) is 4.84. The average molecular weight is 249 g/mol. The van der Waals surface area contributed by atoms with E-state index in [1.807, 2.05) is 7.05 Å². The minimum atomic E-state index is 0.255. The summed E-state index contributed by atoms with van der Waals surface area (Å²) in [6.07, 6.45) is 2.49. The molecule has 1 rings (SSSR count). The van der Waals surface area contributed by atoms with Crippen molar-refractivity contribution in [2.45, 2.75) is 52.7 Å². The summed E-state index contributed by atoms with van der Waals surface area (Å²) in [7, 11) is 2.02. The highest BCUT2D eigenvalue weighted by Gasteiger charge is 2.23. The topological polar surface area (TPSA) is 21.3 Å². The average Bonchev–Trinajstić information content (AvgIpc) is 2.36. The quantitative estimate of drug-likeness (QED) is 0.794. The molecule has 0 fully saturated rings. The maximum atomic E-state index is 5.92. The van der Waals surface area contributed by atoms with Crippen molar-refractivity contribution in [3.63, 3.8) is 0 Å². The fourth-order valence-electron chi connectivity index (χ4n) is 2.50. The molecule has 0 aliphatic carbocycles. The highest BCUT2D eigenvalue weighted by Crippen LogP contribution is 2.26. The van der Waals surface area contributed by atoms with E-state index >= 15 is 0 Å². The van der Waals surface area contributed by atoms with Gasteiger partial charge in [0.05, 0.1) is 12.1 Å². The fraction of sp³-hybridized carbons (Fsp3) is 0.625. The number of hydrogen-bond acceptors (Lipinski definition) is 2. The zero-order chi connectivity index (χ0) is 13.5. The molecule has 0 aliphatic heterocycles. The maximum Gasteiger partial charge on any atom is 0.0769 e. The molecule has 18 heavy (non-hydrogen) atoms. The van der Waals surface area contributed by atoms with Gasteiger partial charge in [0.25, 0.3) is 0 Å². The van der Waals surface area contributed by atoms with Crippen LogP contribution >= 0.6 is 0 Å². The van der Waals surface area contributed by atoms with E-state index in [2.05, 4.69) is 51.2 Å². The standard InChI is InChI=1S/C16H27NO/c1-6-9-15(18-7-2)16(17-5)14-11-8-10-12(3)13(14)4/h8,10-11,15-17H,6-7,9H2,1-5H3. The maximum absolute atomic E-state index is 5.92. The third kappa shape index (κ3) is 3.56. The van der Waals surface area contributed by atoms with Gasteiger partial charge in [0.15, 0.2) is 0 Å². The van der Waals surface area contributed by atoms with Gasteiger partial charge in [-0.25, -0.2) is 0 Å². The van der Waals surface area contributed by atoms with Gasteiger partial charge in [-0.15, -0.1) is 0 Å². The van der Waals surface area contributed by atoms with Crippen LogP contribution in [0.2, 0.25) is 0 Å². The molecule has 0 aliphatic rings. The number of rotatable bonds is 7. The number of benzene rings is 1. The van der Waals surface area contributed by atoms with Crippen LogP contribution in [0.3, 0.4) is 0 Å². The van der Waals surface area contributed by atoms with E-state index in [0.29, 0.717) is 0 Å². The number of aryl methyl sites for hydroxylation is 1. The summed E-state index contributed by atoms with van der Waals surface area (Å²) in [5.41, 5.74) is 4.08. The fourth-order valence-corrected chi connectivity index (χ4v) is 2.50. The molecule has 0 amide bonds. The number of likely N-dealkylation sites (N-methyl/N-ethyl adjacent to an activating group) is 1. The van der Waals surface area contributed by atoms with Crippen molar-refractivity contribution in [3.8, 4) is 0 Å². The van der Waals surface area contributed by atoms with Crippen molar-refractivity contribution in [3.05, 3.63) is 34.9 Å². The molecule has 0 saturated carbocycles. The molecule has 2 nitrogen and oxygen atoms in total. The second-order valence-electron chi connectivity index (χ2n) is 4.84. The van der Waals surface area contributed by atoms with E-state index in [4.69, 9.17) is 4.74 Å². The van der Waals surface area contributed by atoms with E-state index in [9.17, 15) is 0 Å². The lowest BCUT2D eigenvalue weighted by molar-refractivity contribution is 0.0294. The van der Waals surface area contributed by atoms with Crippen LogP contribution in [0.4, 0.5) is 0 Å². The normalized spacial score (nSPS) is 14.5. The molecule has 1 aromatic rings. The number of nitrogens with one attached hydrogen (secondary N) is 1. The molecule has 0 saturated heterocycles. The van der Waals surface area contributed by atoms with Crippen LogP contribution in [-0.2, 0) is 4.74 Å². The molecule has 102 valence electrons. The summed E-state index contributed by atoms with van der Waals surface area (Å²) in [4.78, 5) is 0. The molecule has 0 radical (unpaired) electrons. The predicted molar refractivity (Wildman–Crippen MR) is 78.0 cm³/mol. The lowest BCUT2D eigenvalue weighted by Crippen LogP contribution is -2.32. The summed E-state index contributed by atoms with van der Waals surface area (Å²) >= 11 is 0. The molecule has 2 unspecified atom stereocenters. The van der Waals surface area contributed by atoms with Crippen LogP contribution in [0.5, 0.6) is 0 Å². The molecule has 0 aromatic heterocycles. The van der Waals surface area contributed by atoms with Crippen molar-refractivity contribution in [1.82, 2.24) is 5.32 Å². The van der Waals surface area contributed by atoms with Crippen LogP contribution in [-0.4, -0.2) is 19.8 Å². The zero-order valence-electron chi connectivity index (χ0n) is 12.4. The Balaban J connectivity index is 3.02. The van der Waals surface area contributed by atoms with E-state index in [-0.39, 0.29) is 12.1 Å². The summed E-state index contributed by atoms with van der Waals surface area (Å²) < 4.78 is 5.92. The monoisotopic (exact) mass is 249 g/mol. The molecule has 1 aromatic carbocycles. The second kappa shape index (κ2) is 7.55. The first kappa shape index (κ1) is 15.2. The largest absolute Gasteiger partial charge is 0.377 e. The van der Waals surface area contributed by atoms with Crippen LogP contribution in [0.1, 0.15) is 49.4 Å². The van der Waals surface area contributed by atoms with Crippen LogP contribution in [0, 0.1) is 13.8 Å². The third-order valence-corrected chi connectivity index (χ3v) is 3.62. The summed E-state index contributed by atoms with van der Waals surface area (Å²) in [6.45, 7) is 9.42. The Morgan fingerprint density at radius 3 is 2.50 bits per heavy atom. The van der Waals surface area contributed by atoms with Gasteiger partial charge in [0.2, 0.25) is 0 Å². The summed E-state index contributed by atoms with van der Waals surface area (Å²) in [5.74, 6) is 0. The van der Waals surface area contributed by atoms with Crippen molar-refractivity contribution in [2.75, 3.05) is 13.7 Å². The predicted octanol–water partition coefficient (Wildman–Crippen LogP) is 3.77. The molecule has 0 bridgehead atoms. The Hall–Kier alpha value is -0.860. The first-order valence-electron chi connectivity index (χ1n) is 7.00. The van der Waals surface area contributed by atoms with Crippen LogP contribution in [0.25, 0.3) is 0 Å². The highest BCUT2D eigenvalue weighted by molar-refractivity contribution is 5.35. The van der Waals surface area contributed by atoms with E-state index in [0.717, 1.165) is 19.4 Å². The molecule has 2 heteroatoms. The van der Waals surface area contributed by atoms with Gasteiger partial charge < -0.3 is 10.1 Å². The van der Waals surface area contributed by atoms with Gasteiger partial charge in [-0.2, -0.15) is 0 Å². The van der Waals surface area contributed by atoms with Gasteiger partial charge >= 0.3 is 0 Å². The van der Waals surface area contributed by atoms with Gasteiger partial charge in [0.1, 0.15) is 0 Å². The lowest BCUT2D eigenvalue weighted by atomic mass is 9.92. The minimum Gasteiger partial charge on any atom is -0.377 e. The molecule has 1 N–H and O–H groups in total. The molecule has 2 atom stereocenters. The first-order valence-corrected chi connectivity index (χ1v) is 7.00. The minimum absolute atomic E-state index is 0.255. The van der Waals surface area contributed by atoms with E-state index in [1.165, 1.54) is 16.7 Å². The zero-order valence-corrected chi connectivity index (χ0v) is 12.4. The Bertz CT molecular complexity index is 356. The number of ether oxygens (including phenoxy) is 1. The number of hydrogen-bond donors (Lipinski definition) is 1. The highest BCUT2D eigenvalue weighted by atomic mass is 16.5. The SMILES string of the molecule is CCCC(OCC)C(NC)c1cccc(C)c1C. The Labute approximate surface area is 112 Å². The molecular formula is C16H27NO.